The topological polar surface area (TPSA) is 105 Å². The highest BCUT2D eigenvalue weighted by Gasteiger charge is 2.54. The first kappa shape index (κ1) is 19.6. The Kier molecular flexibility index (Phi) is 5.41. The molecule has 1 aliphatic rings. The van der Waals surface area contributed by atoms with Gasteiger partial charge in [0.1, 0.15) is 0 Å². The Morgan fingerprint density at radius 1 is 1.16 bits per heavy atom. The van der Waals surface area contributed by atoms with Crippen LogP contribution in [0.3, 0.4) is 0 Å². The summed E-state index contributed by atoms with van der Waals surface area (Å²) in [5.74, 6) is 0. The third-order valence-corrected chi connectivity index (χ3v) is 7.61. The number of thiol groups is 1. The molecule has 0 radical (unpaired) electrons. The molecule has 138 valence electrons. The predicted octanol–water partition coefficient (Wildman–Crippen LogP) is 2.42. The first-order valence-electron chi connectivity index (χ1n) is 7.35. The average molecular weight is 396 g/mol. The molecule has 25 heavy (non-hydrogen) atoms. The zero-order valence-electron chi connectivity index (χ0n) is 12.9. The first-order chi connectivity index (χ1) is 11.6. The summed E-state index contributed by atoms with van der Waals surface area (Å²) in [7, 11) is -8.05. The van der Waals surface area contributed by atoms with Crippen LogP contribution in [0.15, 0.2) is 29.2 Å². The fraction of sp³-hybridized carbons (Fsp3) is 0.500. The summed E-state index contributed by atoms with van der Waals surface area (Å²) in [6.45, 7) is 0. The summed E-state index contributed by atoms with van der Waals surface area (Å²) in [4.78, 5) is 1.94. The van der Waals surface area contributed by atoms with Gasteiger partial charge in [0, 0.05) is 0 Å². The lowest BCUT2D eigenvalue weighted by molar-refractivity contribution is -0.137. The number of sulfone groups is 1. The second-order valence-electron chi connectivity index (χ2n) is 5.78. The van der Waals surface area contributed by atoms with Gasteiger partial charge in [-0.1, -0.05) is 25.3 Å². The molecule has 1 aromatic rings. The van der Waals surface area contributed by atoms with Crippen LogP contribution in [-0.4, -0.2) is 31.4 Å². The van der Waals surface area contributed by atoms with Gasteiger partial charge in [-0.05, 0) is 31.0 Å². The molecule has 0 saturated heterocycles. The Labute approximate surface area is 144 Å². The lowest BCUT2D eigenvalue weighted by atomic mass is 9.89. The summed E-state index contributed by atoms with van der Waals surface area (Å²) >= 11 is 0. The molecule has 0 atom stereocenters. The van der Waals surface area contributed by atoms with Crippen molar-refractivity contribution in [3.8, 4) is 0 Å². The summed E-state index contributed by atoms with van der Waals surface area (Å²) in [6.07, 6.45) is -3.41. The smallest absolute Gasteiger partial charge is 0.360 e. The van der Waals surface area contributed by atoms with Crippen molar-refractivity contribution in [2.75, 3.05) is 0 Å². The van der Waals surface area contributed by atoms with Crippen molar-refractivity contribution in [3.63, 3.8) is 0 Å². The zero-order chi connectivity index (χ0) is 18.9. The van der Waals surface area contributed by atoms with Crippen LogP contribution in [0.2, 0.25) is 0 Å². The highest BCUT2D eigenvalue weighted by atomic mass is 32.2. The largest absolute Gasteiger partial charge is 0.416 e. The Morgan fingerprint density at radius 3 is 2.24 bits per heavy atom. The van der Waals surface area contributed by atoms with Crippen molar-refractivity contribution in [1.29, 1.82) is 0 Å². The van der Waals surface area contributed by atoms with E-state index >= 15 is 0 Å². The maximum atomic E-state index is 12.8. The van der Waals surface area contributed by atoms with Crippen LogP contribution in [-0.2, 0) is 26.7 Å². The molecule has 0 heterocycles. The Morgan fingerprint density at radius 2 is 1.76 bits per heavy atom. The molecule has 0 bridgehead atoms. The van der Waals surface area contributed by atoms with E-state index in [2.05, 4.69) is 4.79 Å². The van der Waals surface area contributed by atoms with Gasteiger partial charge >= 0.3 is 11.2 Å². The van der Waals surface area contributed by atoms with Gasteiger partial charge in [-0.25, -0.2) is 16.8 Å². The van der Waals surface area contributed by atoms with Crippen LogP contribution in [0.4, 0.5) is 13.2 Å². The lowest BCUT2D eigenvalue weighted by Crippen LogP contribution is -2.46. The van der Waals surface area contributed by atoms with Gasteiger partial charge in [0.15, 0.2) is 15.5 Å². The third kappa shape index (κ3) is 3.63. The van der Waals surface area contributed by atoms with Gasteiger partial charge in [-0.15, -0.1) is 0 Å². The number of hydrogen-bond donors (Lipinski definition) is 1. The SMILES string of the molecule is [N-]=[N+]=C(C1([SH](=O)=O)CCCCC1)S(=O)(=O)c1cccc(C(F)(F)F)c1. The normalized spacial score (nSPS) is 17.9. The fourth-order valence-electron chi connectivity index (χ4n) is 2.96. The van der Waals surface area contributed by atoms with Crippen molar-refractivity contribution in [2.45, 2.75) is 47.9 Å². The number of rotatable bonds is 3. The quantitative estimate of drug-likeness (QED) is 0.278. The van der Waals surface area contributed by atoms with Gasteiger partial charge in [-0.2, -0.15) is 18.0 Å². The van der Waals surface area contributed by atoms with Gasteiger partial charge in [0.05, 0.1) is 10.5 Å². The molecule has 0 aliphatic heterocycles. The molecule has 2 rings (SSSR count). The van der Waals surface area contributed by atoms with Crippen LogP contribution in [0.5, 0.6) is 0 Å². The van der Waals surface area contributed by atoms with Crippen LogP contribution >= 0.6 is 0 Å². The standard InChI is InChI=1S/C14H15F3N2O4S2/c15-14(16,17)10-5-4-6-11(9-10)25(22,23)12(19-18)13(24(20)21)7-2-1-3-8-13/h4-6,9,24H,1-3,7-8H2. The van der Waals surface area contributed by atoms with E-state index < -0.39 is 47.0 Å². The molecule has 1 aromatic carbocycles. The van der Waals surface area contributed by atoms with Crippen molar-refractivity contribution in [3.05, 3.63) is 35.4 Å². The molecule has 11 heteroatoms. The van der Waals surface area contributed by atoms with E-state index in [0.717, 1.165) is 12.1 Å². The molecule has 0 unspecified atom stereocenters. The van der Waals surface area contributed by atoms with Crippen molar-refractivity contribution < 1.29 is 34.8 Å². The summed E-state index contributed by atoms with van der Waals surface area (Å²) in [6, 6.07) is 2.90. The minimum Gasteiger partial charge on any atom is -0.360 e. The third-order valence-electron chi connectivity index (χ3n) is 4.25. The molecule has 6 nitrogen and oxygen atoms in total. The van der Waals surface area contributed by atoms with E-state index in [1.54, 1.807) is 0 Å². The van der Waals surface area contributed by atoms with Crippen LogP contribution in [0.1, 0.15) is 37.7 Å². The van der Waals surface area contributed by atoms with Crippen molar-refractivity contribution in [2.24, 2.45) is 0 Å². The molecule has 0 amide bonds. The summed E-state index contributed by atoms with van der Waals surface area (Å²) < 4.78 is 85.6. The number of alkyl halides is 3. The van der Waals surface area contributed by atoms with E-state index in [4.69, 9.17) is 0 Å². The second kappa shape index (κ2) is 6.89. The number of halogens is 3. The Hall–Kier alpha value is -1.71. The molecule has 0 spiro atoms. The predicted molar refractivity (Wildman–Crippen MR) is 83.4 cm³/mol. The highest BCUT2D eigenvalue weighted by molar-refractivity contribution is 8.07. The molecule has 1 aliphatic carbocycles. The second-order valence-corrected chi connectivity index (χ2v) is 9.02. The number of benzene rings is 1. The molecular weight excluding hydrogens is 381 g/mol. The van der Waals surface area contributed by atoms with E-state index in [1.165, 1.54) is 0 Å². The monoisotopic (exact) mass is 396 g/mol. The fourth-order valence-corrected chi connectivity index (χ4v) is 6.00. The minimum atomic E-state index is -4.77. The maximum Gasteiger partial charge on any atom is 0.416 e. The van der Waals surface area contributed by atoms with Crippen LogP contribution in [0, 0.1) is 0 Å². The first-order valence-corrected chi connectivity index (χ1v) is 10.0. The maximum absolute atomic E-state index is 12.8. The molecule has 1 fully saturated rings. The summed E-state index contributed by atoms with van der Waals surface area (Å²) in [5, 5.41) is -1.02. The van der Waals surface area contributed by atoms with Gasteiger partial charge in [-0.3, -0.25) is 0 Å². The number of hydrogen-bond acceptors (Lipinski definition) is 4. The minimum absolute atomic E-state index is 0.0662. The molecule has 1 saturated carbocycles. The molecule has 0 aromatic heterocycles. The van der Waals surface area contributed by atoms with E-state index in [1.807, 2.05) is 0 Å². The van der Waals surface area contributed by atoms with Crippen molar-refractivity contribution in [1.82, 2.24) is 0 Å². The van der Waals surface area contributed by atoms with Gasteiger partial charge in [0.2, 0.25) is 0 Å². The number of nitrogens with zero attached hydrogens (tertiary/aromatic N) is 2. The average Bonchev–Trinajstić information content (AvgIpc) is 2.55. The van der Waals surface area contributed by atoms with Gasteiger partial charge in [0.25, 0.3) is 9.84 Å². The molecule has 0 N–H and O–H groups in total. The van der Waals surface area contributed by atoms with Gasteiger partial charge < -0.3 is 5.53 Å². The Balaban J connectivity index is 2.63. The van der Waals surface area contributed by atoms with E-state index in [-0.39, 0.29) is 12.8 Å². The van der Waals surface area contributed by atoms with Crippen LogP contribution in [0.25, 0.3) is 5.53 Å². The van der Waals surface area contributed by atoms with Crippen molar-refractivity contribution >= 4 is 25.6 Å². The summed E-state index contributed by atoms with van der Waals surface area (Å²) in [5.41, 5.74) is 8.04. The zero-order valence-corrected chi connectivity index (χ0v) is 14.6. The lowest BCUT2D eigenvalue weighted by Gasteiger charge is -2.27. The van der Waals surface area contributed by atoms with Crippen LogP contribution < -0.4 is 0 Å². The molecular formula is C14H15F3N2O4S2. The highest BCUT2D eigenvalue weighted by Crippen LogP contribution is 2.36. The Bertz CT molecular complexity index is 887. The van der Waals surface area contributed by atoms with E-state index in [9.17, 15) is 35.5 Å². The van der Waals surface area contributed by atoms with E-state index in [0.29, 0.717) is 31.4 Å².